The summed E-state index contributed by atoms with van der Waals surface area (Å²) in [6.07, 6.45) is 0.174. The molecule has 15 heavy (non-hydrogen) atoms. The summed E-state index contributed by atoms with van der Waals surface area (Å²) in [7, 11) is 1.96. The number of benzene rings is 1. The number of hydrogen-bond donors (Lipinski definition) is 1. The Balaban J connectivity index is 2.15. The first-order valence-corrected chi connectivity index (χ1v) is 5.43. The fourth-order valence-electron chi connectivity index (χ4n) is 2.12. The lowest BCUT2D eigenvalue weighted by atomic mass is 10.0. The van der Waals surface area contributed by atoms with E-state index in [-0.39, 0.29) is 6.10 Å². The standard InChI is InChI=1S/C12H18N2O/c1-10-12(11-6-4-3-5-7-11)15-9-8-14(10)13-2/h3-7,10,12-13H,8-9H2,1-2H3. The number of nitrogens with zero attached hydrogens (tertiary/aromatic N) is 1. The van der Waals surface area contributed by atoms with E-state index in [0.29, 0.717) is 6.04 Å². The Hall–Kier alpha value is -0.900. The van der Waals surface area contributed by atoms with Gasteiger partial charge in [0.15, 0.2) is 0 Å². The maximum Gasteiger partial charge on any atom is 0.0991 e. The van der Waals surface area contributed by atoms with Crippen molar-refractivity contribution in [3.8, 4) is 0 Å². The summed E-state index contributed by atoms with van der Waals surface area (Å²) < 4.78 is 5.83. The lowest BCUT2D eigenvalue weighted by Crippen LogP contribution is -2.51. The summed E-state index contributed by atoms with van der Waals surface area (Å²) in [5.41, 5.74) is 4.46. The van der Waals surface area contributed by atoms with E-state index in [2.05, 4.69) is 41.6 Å². The topological polar surface area (TPSA) is 24.5 Å². The molecule has 2 unspecified atom stereocenters. The Labute approximate surface area is 91.0 Å². The fraction of sp³-hybridized carbons (Fsp3) is 0.500. The van der Waals surface area contributed by atoms with Crippen molar-refractivity contribution in [2.24, 2.45) is 0 Å². The molecular formula is C12H18N2O. The van der Waals surface area contributed by atoms with E-state index in [0.717, 1.165) is 13.2 Å². The fourth-order valence-corrected chi connectivity index (χ4v) is 2.12. The van der Waals surface area contributed by atoms with Gasteiger partial charge in [-0.05, 0) is 19.5 Å². The van der Waals surface area contributed by atoms with Crippen LogP contribution in [0.3, 0.4) is 0 Å². The molecule has 82 valence electrons. The Kier molecular flexibility index (Phi) is 3.36. The van der Waals surface area contributed by atoms with Gasteiger partial charge in [-0.3, -0.25) is 5.43 Å². The van der Waals surface area contributed by atoms with Crippen molar-refractivity contribution in [1.29, 1.82) is 0 Å². The lowest BCUT2D eigenvalue weighted by molar-refractivity contribution is -0.0835. The van der Waals surface area contributed by atoms with Crippen molar-refractivity contribution in [2.75, 3.05) is 20.2 Å². The lowest BCUT2D eigenvalue weighted by Gasteiger charge is -2.38. The molecule has 0 radical (unpaired) electrons. The zero-order valence-electron chi connectivity index (χ0n) is 9.31. The predicted octanol–water partition coefficient (Wildman–Crippen LogP) is 1.58. The summed E-state index contributed by atoms with van der Waals surface area (Å²) in [5, 5.41) is 2.22. The minimum Gasteiger partial charge on any atom is -0.370 e. The van der Waals surface area contributed by atoms with Gasteiger partial charge in [-0.2, -0.15) is 0 Å². The number of hydrogen-bond acceptors (Lipinski definition) is 3. The van der Waals surface area contributed by atoms with Gasteiger partial charge in [0.05, 0.1) is 18.8 Å². The number of rotatable bonds is 2. The molecule has 2 rings (SSSR count). The monoisotopic (exact) mass is 206 g/mol. The summed E-state index contributed by atoms with van der Waals surface area (Å²) >= 11 is 0. The first kappa shape index (κ1) is 10.6. The highest BCUT2D eigenvalue weighted by Crippen LogP contribution is 2.26. The van der Waals surface area contributed by atoms with Crippen molar-refractivity contribution in [3.05, 3.63) is 35.9 Å². The molecule has 0 aromatic heterocycles. The smallest absolute Gasteiger partial charge is 0.0991 e. The second-order valence-electron chi connectivity index (χ2n) is 3.86. The van der Waals surface area contributed by atoms with Crippen LogP contribution in [0.5, 0.6) is 0 Å². The molecular weight excluding hydrogens is 188 g/mol. The maximum absolute atomic E-state index is 5.83. The van der Waals surface area contributed by atoms with Crippen molar-refractivity contribution in [1.82, 2.24) is 10.4 Å². The number of ether oxygens (including phenoxy) is 1. The van der Waals surface area contributed by atoms with Crippen LogP contribution in [0.4, 0.5) is 0 Å². The van der Waals surface area contributed by atoms with E-state index >= 15 is 0 Å². The van der Waals surface area contributed by atoms with Crippen molar-refractivity contribution >= 4 is 0 Å². The zero-order chi connectivity index (χ0) is 10.7. The van der Waals surface area contributed by atoms with Crippen molar-refractivity contribution in [3.63, 3.8) is 0 Å². The third-order valence-electron chi connectivity index (χ3n) is 2.97. The molecule has 1 N–H and O–H groups in total. The highest BCUT2D eigenvalue weighted by Gasteiger charge is 2.28. The largest absolute Gasteiger partial charge is 0.370 e. The molecule has 2 atom stereocenters. The highest BCUT2D eigenvalue weighted by molar-refractivity contribution is 5.19. The van der Waals surface area contributed by atoms with Crippen LogP contribution >= 0.6 is 0 Å². The van der Waals surface area contributed by atoms with E-state index < -0.39 is 0 Å². The van der Waals surface area contributed by atoms with Gasteiger partial charge in [-0.25, -0.2) is 5.01 Å². The molecule has 1 saturated heterocycles. The molecule has 0 bridgehead atoms. The minimum atomic E-state index is 0.174. The Morgan fingerprint density at radius 1 is 1.33 bits per heavy atom. The van der Waals surface area contributed by atoms with Gasteiger partial charge < -0.3 is 4.74 Å². The van der Waals surface area contributed by atoms with Crippen LogP contribution in [-0.2, 0) is 4.74 Å². The molecule has 0 saturated carbocycles. The van der Waals surface area contributed by atoms with E-state index in [9.17, 15) is 0 Å². The molecule has 0 aliphatic carbocycles. The molecule has 3 nitrogen and oxygen atoms in total. The normalized spacial score (nSPS) is 27.9. The minimum absolute atomic E-state index is 0.174. The molecule has 1 aromatic carbocycles. The van der Waals surface area contributed by atoms with Gasteiger partial charge >= 0.3 is 0 Å². The Bertz CT molecular complexity index is 302. The van der Waals surface area contributed by atoms with E-state index in [4.69, 9.17) is 4.74 Å². The van der Waals surface area contributed by atoms with Crippen LogP contribution < -0.4 is 5.43 Å². The van der Waals surface area contributed by atoms with Crippen LogP contribution in [-0.4, -0.2) is 31.3 Å². The summed E-state index contributed by atoms with van der Waals surface area (Å²) in [6.45, 7) is 3.92. The van der Waals surface area contributed by atoms with Gasteiger partial charge in [-0.15, -0.1) is 0 Å². The highest BCUT2D eigenvalue weighted by atomic mass is 16.5. The molecule has 3 heteroatoms. The van der Waals surface area contributed by atoms with Crippen LogP contribution in [0.1, 0.15) is 18.6 Å². The summed E-state index contributed by atoms with van der Waals surface area (Å²) in [5.74, 6) is 0. The Morgan fingerprint density at radius 3 is 2.73 bits per heavy atom. The third-order valence-corrected chi connectivity index (χ3v) is 2.97. The SMILES string of the molecule is CNN1CCOC(c2ccccc2)C1C. The molecule has 1 fully saturated rings. The first-order valence-electron chi connectivity index (χ1n) is 5.43. The predicted molar refractivity (Wildman–Crippen MR) is 60.4 cm³/mol. The number of nitrogens with one attached hydrogen (secondary N) is 1. The average molecular weight is 206 g/mol. The first-order chi connectivity index (χ1) is 7.33. The van der Waals surface area contributed by atoms with Gasteiger partial charge in [-0.1, -0.05) is 30.3 Å². The molecule has 1 aromatic rings. The third kappa shape index (κ3) is 2.20. The maximum atomic E-state index is 5.83. The Morgan fingerprint density at radius 2 is 2.07 bits per heavy atom. The molecule has 1 heterocycles. The van der Waals surface area contributed by atoms with Gasteiger partial charge in [0, 0.05) is 6.54 Å². The van der Waals surface area contributed by atoms with Crippen LogP contribution in [0.25, 0.3) is 0 Å². The molecule has 0 spiro atoms. The zero-order valence-corrected chi connectivity index (χ0v) is 9.31. The number of hydrazine groups is 1. The van der Waals surface area contributed by atoms with Crippen molar-refractivity contribution in [2.45, 2.75) is 19.1 Å². The van der Waals surface area contributed by atoms with E-state index in [1.165, 1.54) is 5.56 Å². The summed E-state index contributed by atoms with van der Waals surface area (Å²) in [6, 6.07) is 10.8. The van der Waals surface area contributed by atoms with Crippen molar-refractivity contribution < 1.29 is 4.74 Å². The second kappa shape index (κ2) is 4.75. The van der Waals surface area contributed by atoms with Crippen LogP contribution in [0, 0.1) is 0 Å². The van der Waals surface area contributed by atoms with E-state index in [1.807, 2.05) is 13.1 Å². The van der Waals surface area contributed by atoms with E-state index in [1.54, 1.807) is 0 Å². The number of morpholine rings is 1. The average Bonchev–Trinajstić information content (AvgIpc) is 2.30. The molecule has 1 aliphatic rings. The van der Waals surface area contributed by atoms with Crippen LogP contribution in [0.2, 0.25) is 0 Å². The van der Waals surface area contributed by atoms with Crippen LogP contribution in [0.15, 0.2) is 30.3 Å². The quantitative estimate of drug-likeness (QED) is 0.795. The summed E-state index contributed by atoms with van der Waals surface area (Å²) in [4.78, 5) is 0. The molecule has 0 amide bonds. The second-order valence-corrected chi connectivity index (χ2v) is 3.86. The van der Waals surface area contributed by atoms with Gasteiger partial charge in [0.25, 0.3) is 0 Å². The van der Waals surface area contributed by atoms with Gasteiger partial charge in [0.2, 0.25) is 0 Å². The molecule has 1 aliphatic heterocycles. The van der Waals surface area contributed by atoms with Gasteiger partial charge in [0.1, 0.15) is 0 Å².